The number of carboxylic acids is 1. The summed E-state index contributed by atoms with van der Waals surface area (Å²) < 4.78 is 6.02. The number of benzene rings is 1. The predicted molar refractivity (Wildman–Crippen MR) is 75.6 cm³/mol. The largest absolute Gasteiger partial charge is 0.542 e. The van der Waals surface area contributed by atoms with Crippen molar-refractivity contribution in [3.63, 3.8) is 0 Å². The van der Waals surface area contributed by atoms with Crippen molar-refractivity contribution >= 4 is 20.0 Å². The maximum absolute atomic E-state index is 11.2. The molecule has 1 aromatic rings. The van der Waals surface area contributed by atoms with E-state index in [0.29, 0.717) is 11.4 Å². The quantitative estimate of drug-likeness (QED) is 0.650. The van der Waals surface area contributed by atoms with Gasteiger partial charge in [0.05, 0.1) is 5.69 Å². The molecule has 0 heterocycles. The molecular weight excluding hydrogens is 246 g/mol. The van der Waals surface area contributed by atoms with E-state index in [1.807, 2.05) is 0 Å². The SMILES string of the molecule is CC(C)(C)[Si](C)(C)Oc1c(N)cccc1C(=O)O. The zero-order chi connectivity index (χ0) is 14.1. The summed E-state index contributed by atoms with van der Waals surface area (Å²) in [5.41, 5.74) is 6.34. The molecular formula is C13H21NO3Si. The number of carboxylic acid groups (broad SMARTS) is 1. The molecule has 0 amide bonds. The molecule has 0 unspecified atom stereocenters. The summed E-state index contributed by atoms with van der Waals surface area (Å²) in [5, 5.41) is 9.16. The van der Waals surface area contributed by atoms with Crippen LogP contribution in [0, 0.1) is 0 Å². The standard InChI is InChI=1S/C13H21NO3Si/c1-13(2,3)18(4,5)17-11-9(12(15)16)7-6-8-10(11)14/h6-8H,14H2,1-5H3,(H,15,16). The molecule has 0 saturated heterocycles. The molecule has 0 aromatic heterocycles. The van der Waals surface area contributed by atoms with Gasteiger partial charge in [0, 0.05) is 0 Å². The van der Waals surface area contributed by atoms with Crippen LogP contribution in [-0.4, -0.2) is 19.4 Å². The average Bonchev–Trinajstić information content (AvgIpc) is 2.18. The highest BCUT2D eigenvalue weighted by molar-refractivity contribution is 6.74. The van der Waals surface area contributed by atoms with E-state index in [1.165, 1.54) is 6.07 Å². The van der Waals surface area contributed by atoms with E-state index in [-0.39, 0.29) is 10.6 Å². The smallest absolute Gasteiger partial charge is 0.339 e. The number of nitrogen functional groups attached to an aromatic ring is 1. The molecule has 0 saturated carbocycles. The van der Waals surface area contributed by atoms with Crippen molar-refractivity contribution < 1.29 is 14.3 Å². The van der Waals surface area contributed by atoms with Crippen molar-refractivity contribution in [3.8, 4) is 5.75 Å². The summed E-state index contributed by atoms with van der Waals surface area (Å²) in [5.74, 6) is -0.715. The van der Waals surface area contributed by atoms with Crippen molar-refractivity contribution in [1.82, 2.24) is 0 Å². The molecule has 0 atom stereocenters. The lowest BCUT2D eigenvalue weighted by molar-refractivity contribution is 0.0694. The molecule has 0 aliphatic heterocycles. The monoisotopic (exact) mass is 267 g/mol. The normalized spacial score (nSPS) is 12.3. The molecule has 5 heteroatoms. The van der Waals surface area contributed by atoms with Crippen molar-refractivity contribution in [2.24, 2.45) is 0 Å². The van der Waals surface area contributed by atoms with Gasteiger partial charge in [-0.2, -0.15) is 0 Å². The Morgan fingerprint density at radius 1 is 1.33 bits per heavy atom. The van der Waals surface area contributed by atoms with Gasteiger partial charge in [-0.25, -0.2) is 4.79 Å². The van der Waals surface area contributed by atoms with Gasteiger partial charge in [0.2, 0.25) is 0 Å². The minimum absolute atomic E-state index is 0.00887. The van der Waals surface area contributed by atoms with Crippen LogP contribution >= 0.6 is 0 Å². The van der Waals surface area contributed by atoms with E-state index >= 15 is 0 Å². The first-order chi connectivity index (χ1) is 8.06. The Bertz CT molecular complexity index is 464. The summed E-state index contributed by atoms with van der Waals surface area (Å²) in [6.45, 7) is 10.4. The van der Waals surface area contributed by atoms with Gasteiger partial charge >= 0.3 is 5.97 Å². The Labute approximate surface area is 109 Å². The van der Waals surface area contributed by atoms with Gasteiger partial charge in [0.1, 0.15) is 11.3 Å². The van der Waals surface area contributed by atoms with Crippen LogP contribution in [0.1, 0.15) is 31.1 Å². The highest BCUT2D eigenvalue weighted by atomic mass is 28.4. The molecule has 4 nitrogen and oxygen atoms in total. The lowest BCUT2D eigenvalue weighted by Gasteiger charge is -2.37. The molecule has 0 radical (unpaired) electrons. The fourth-order valence-corrected chi connectivity index (χ4v) is 2.29. The van der Waals surface area contributed by atoms with Crippen molar-refractivity contribution in [2.45, 2.75) is 38.9 Å². The maximum atomic E-state index is 11.2. The van der Waals surface area contributed by atoms with Gasteiger partial charge in [-0.15, -0.1) is 0 Å². The van der Waals surface area contributed by atoms with Gasteiger partial charge in [-0.1, -0.05) is 26.8 Å². The van der Waals surface area contributed by atoms with E-state index in [2.05, 4.69) is 33.9 Å². The van der Waals surface area contributed by atoms with E-state index in [9.17, 15) is 4.79 Å². The van der Waals surface area contributed by atoms with E-state index in [4.69, 9.17) is 15.3 Å². The predicted octanol–water partition coefficient (Wildman–Crippen LogP) is 3.35. The van der Waals surface area contributed by atoms with Gasteiger partial charge in [0.25, 0.3) is 8.32 Å². The zero-order valence-electron chi connectivity index (χ0n) is 11.6. The third-order valence-electron chi connectivity index (χ3n) is 3.44. The number of rotatable bonds is 3. The minimum atomic E-state index is -2.10. The second-order valence-electron chi connectivity index (χ2n) is 5.89. The summed E-state index contributed by atoms with van der Waals surface area (Å²) in [7, 11) is -2.10. The lowest BCUT2D eigenvalue weighted by Crippen LogP contribution is -2.44. The Kier molecular flexibility index (Phi) is 3.76. The molecule has 0 spiro atoms. The number of carbonyl (C=O) groups is 1. The number of para-hydroxylation sites is 1. The molecule has 0 bridgehead atoms. The highest BCUT2D eigenvalue weighted by Crippen LogP contribution is 2.39. The topological polar surface area (TPSA) is 72.5 Å². The second kappa shape index (κ2) is 4.64. The average molecular weight is 267 g/mol. The van der Waals surface area contributed by atoms with E-state index in [1.54, 1.807) is 12.1 Å². The Hall–Kier alpha value is -1.49. The highest BCUT2D eigenvalue weighted by Gasteiger charge is 2.40. The van der Waals surface area contributed by atoms with Gasteiger partial charge < -0.3 is 15.3 Å². The number of anilines is 1. The van der Waals surface area contributed by atoms with Crippen LogP contribution in [0.15, 0.2) is 18.2 Å². The zero-order valence-corrected chi connectivity index (χ0v) is 12.6. The molecule has 0 aliphatic carbocycles. The van der Waals surface area contributed by atoms with Gasteiger partial charge in [-0.05, 0) is 30.3 Å². The molecule has 0 fully saturated rings. The Morgan fingerprint density at radius 2 is 1.89 bits per heavy atom. The van der Waals surface area contributed by atoms with Gasteiger partial charge in [0.15, 0.2) is 0 Å². The first-order valence-electron chi connectivity index (χ1n) is 5.87. The van der Waals surface area contributed by atoms with Crippen LogP contribution in [-0.2, 0) is 0 Å². The van der Waals surface area contributed by atoms with Crippen LogP contribution in [0.25, 0.3) is 0 Å². The summed E-state index contributed by atoms with van der Waals surface area (Å²) in [6.07, 6.45) is 0. The molecule has 100 valence electrons. The fourth-order valence-electron chi connectivity index (χ4n) is 1.25. The number of aromatic carboxylic acids is 1. The fraction of sp³-hybridized carbons (Fsp3) is 0.462. The Balaban J connectivity index is 3.23. The molecule has 0 aliphatic rings. The number of nitrogens with two attached hydrogens (primary N) is 1. The van der Waals surface area contributed by atoms with E-state index in [0.717, 1.165) is 0 Å². The lowest BCUT2D eigenvalue weighted by atomic mass is 10.2. The summed E-state index contributed by atoms with van der Waals surface area (Å²) in [4.78, 5) is 11.2. The molecule has 1 rings (SSSR count). The second-order valence-corrected chi connectivity index (χ2v) is 10.6. The molecule has 3 N–H and O–H groups in total. The third kappa shape index (κ3) is 2.84. The first-order valence-corrected chi connectivity index (χ1v) is 8.78. The number of hydrogen-bond acceptors (Lipinski definition) is 3. The summed E-state index contributed by atoms with van der Waals surface area (Å²) in [6, 6.07) is 4.80. The number of hydrogen-bond donors (Lipinski definition) is 2. The summed E-state index contributed by atoms with van der Waals surface area (Å²) >= 11 is 0. The van der Waals surface area contributed by atoms with Crippen LogP contribution in [0.3, 0.4) is 0 Å². The minimum Gasteiger partial charge on any atom is -0.542 e. The van der Waals surface area contributed by atoms with E-state index < -0.39 is 14.3 Å². The Morgan fingerprint density at radius 3 is 2.33 bits per heavy atom. The van der Waals surface area contributed by atoms with Crippen LogP contribution in [0.2, 0.25) is 18.1 Å². The molecule has 1 aromatic carbocycles. The first kappa shape index (κ1) is 14.6. The third-order valence-corrected chi connectivity index (χ3v) is 7.77. The molecule has 18 heavy (non-hydrogen) atoms. The van der Waals surface area contributed by atoms with Crippen LogP contribution in [0.4, 0.5) is 5.69 Å². The van der Waals surface area contributed by atoms with Crippen molar-refractivity contribution in [1.29, 1.82) is 0 Å². The van der Waals surface area contributed by atoms with Gasteiger partial charge in [-0.3, -0.25) is 0 Å². The maximum Gasteiger partial charge on any atom is 0.339 e. The van der Waals surface area contributed by atoms with Crippen molar-refractivity contribution in [2.75, 3.05) is 5.73 Å². The van der Waals surface area contributed by atoms with Crippen LogP contribution < -0.4 is 10.2 Å². The van der Waals surface area contributed by atoms with Crippen LogP contribution in [0.5, 0.6) is 5.75 Å². The van der Waals surface area contributed by atoms with Crippen molar-refractivity contribution in [3.05, 3.63) is 23.8 Å².